The highest BCUT2D eigenvalue weighted by molar-refractivity contribution is 8.00. The Hall–Kier alpha value is -3.85. The van der Waals surface area contributed by atoms with Gasteiger partial charge in [-0.25, -0.2) is 4.39 Å². The van der Waals surface area contributed by atoms with Crippen LogP contribution in [0, 0.1) is 12.7 Å². The first-order valence-corrected chi connectivity index (χ1v) is 11.8. The maximum absolute atomic E-state index is 13.9. The predicted octanol–water partition coefficient (Wildman–Crippen LogP) is 5.52. The predicted molar refractivity (Wildman–Crippen MR) is 135 cm³/mol. The first kappa shape index (κ1) is 24.3. The minimum atomic E-state index is -0.536. The highest BCUT2D eigenvalue weighted by Crippen LogP contribution is 2.35. The van der Waals surface area contributed by atoms with Gasteiger partial charge in [-0.15, -0.1) is 10.2 Å². The van der Waals surface area contributed by atoms with Crippen molar-refractivity contribution in [3.8, 4) is 28.6 Å². The van der Waals surface area contributed by atoms with Crippen molar-refractivity contribution in [1.82, 2.24) is 14.8 Å². The molecular formula is C26H25FN4O3S. The van der Waals surface area contributed by atoms with Crippen LogP contribution in [0.2, 0.25) is 0 Å². The van der Waals surface area contributed by atoms with Gasteiger partial charge >= 0.3 is 0 Å². The molecule has 7 nitrogen and oxygen atoms in total. The van der Waals surface area contributed by atoms with Crippen LogP contribution in [0.3, 0.4) is 0 Å². The molecule has 0 fully saturated rings. The van der Waals surface area contributed by atoms with Crippen molar-refractivity contribution in [2.24, 2.45) is 0 Å². The number of methoxy groups -OCH3 is 2. The number of hydrogen-bond acceptors (Lipinski definition) is 6. The SMILES string of the molecule is COc1ccc(-n2c(SC(C)C(=O)Nc3ccc(C)c(F)c3)nnc2-c2ccccc2OC)cc1. The van der Waals surface area contributed by atoms with E-state index in [1.54, 1.807) is 40.2 Å². The normalized spacial score (nSPS) is 11.7. The van der Waals surface area contributed by atoms with E-state index in [0.29, 0.717) is 33.7 Å². The van der Waals surface area contributed by atoms with E-state index in [1.165, 1.54) is 17.8 Å². The summed E-state index contributed by atoms with van der Waals surface area (Å²) in [6.07, 6.45) is 0. The molecule has 1 aromatic heterocycles. The zero-order valence-electron chi connectivity index (χ0n) is 19.8. The molecule has 9 heteroatoms. The second kappa shape index (κ2) is 10.6. The monoisotopic (exact) mass is 492 g/mol. The zero-order valence-corrected chi connectivity index (χ0v) is 20.6. The average Bonchev–Trinajstić information content (AvgIpc) is 3.29. The molecule has 3 aromatic carbocycles. The van der Waals surface area contributed by atoms with Gasteiger partial charge in [0, 0.05) is 5.69 Å². The standard InChI is InChI=1S/C26H25FN4O3S/c1-16-9-10-18(15-22(16)27)28-25(32)17(2)35-26-30-29-24(21-7-5-6-8-23(21)34-4)31(26)19-11-13-20(33-3)14-12-19/h5-15,17H,1-4H3,(H,28,32). The van der Waals surface area contributed by atoms with Crippen molar-refractivity contribution < 1.29 is 18.7 Å². The second-order valence-corrected chi connectivity index (χ2v) is 9.06. The molecule has 4 rings (SSSR count). The first-order chi connectivity index (χ1) is 16.9. The summed E-state index contributed by atoms with van der Waals surface area (Å²) in [5.41, 5.74) is 2.48. The summed E-state index contributed by atoms with van der Waals surface area (Å²) < 4.78 is 26.6. The van der Waals surface area contributed by atoms with Crippen LogP contribution in [-0.2, 0) is 4.79 Å². The number of aryl methyl sites for hydroxylation is 1. The van der Waals surface area contributed by atoms with Crippen LogP contribution < -0.4 is 14.8 Å². The van der Waals surface area contributed by atoms with Crippen LogP contribution >= 0.6 is 11.8 Å². The lowest BCUT2D eigenvalue weighted by molar-refractivity contribution is -0.115. The Labute approximate surface area is 207 Å². The fraction of sp³-hybridized carbons (Fsp3) is 0.192. The fourth-order valence-electron chi connectivity index (χ4n) is 3.44. The Morgan fingerprint density at radius 2 is 1.77 bits per heavy atom. The van der Waals surface area contributed by atoms with E-state index in [2.05, 4.69) is 15.5 Å². The quantitative estimate of drug-likeness (QED) is 0.327. The van der Waals surface area contributed by atoms with Crippen molar-refractivity contribution in [2.75, 3.05) is 19.5 Å². The molecule has 180 valence electrons. The molecule has 0 bridgehead atoms. The molecule has 35 heavy (non-hydrogen) atoms. The van der Waals surface area contributed by atoms with Crippen LogP contribution in [0.5, 0.6) is 11.5 Å². The lowest BCUT2D eigenvalue weighted by Gasteiger charge is -2.15. The molecule has 0 spiro atoms. The van der Waals surface area contributed by atoms with Gasteiger partial charge in [0.15, 0.2) is 11.0 Å². The van der Waals surface area contributed by atoms with Gasteiger partial charge in [0.1, 0.15) is 17.3 Å². The van der Waals surface area contributed by atoms with Crippen LogP contribution in [0.1, 0.15) is 12.5 Å². The smallest absolute Gasteiger partial charge is 0.237 e. The number of benzene rings is 3. The molecule has 0 aliphatic heterocycles. The average molecular weight is 493 g/mol. The summed E-state index contributed by atoms with van der Waals surface area (Å²) in [6, 6.07) is 19.6. The van der Waals surface area contributed by atoms with E-state index in [1.807, 2.05) is 53.1 Å². The van der Waals surface area contributed by atoms with Gasteiger partial charge in [0.05, 0.1) is 30.7 Å². The van der Waals surface area contributed by atoms with Gasteiger partial charge < -0.3 is 14.8 Å². The molecule has 0 aliphatic rings. The number of rotatable bonds is 8. The molecule has 0 aliphatic carbocycles. The molecule has 1 heterocycles. The molecule has 1 unspecified atom stereocenters. The lowest BCUT2D eigenvalue weighted by atomic mass is 10.2. The van der Waals surface area contributed by atoms with E-state index in [-0.39, 0.29) is 11.7 Å². The Bertz CT molecular complexity index is 1340. The zero-order chi connectivity index (χ0) is 24.9. The van der Waals surface area contributed by atoms with Crippen molar-refractivity contribution in [2.45, 2.75) is 24.3 Å². The minimum absolute atomic E-state index is 0.277. The third-order valence-electron chi connectivity index (χ3n) is 5.40. The van der Waals surface area contributed by atoms with Gasteiger partial charge in [-0.2, -0.15) is 0 Å². The number of nitrogens with zero attached hydrogens (tertiary/aromatic N) is 3. The minimum Gasteiger partial charge on any atom is -0.497 e. The van der Waals surface area contributed by atoms with Crippen molar-refractivity contribution in [1.29, 1.82) is 0 Å². The van der Waals surface area contributed by atoms with Crippen LogP contribution in [0.15, 0.2) is 71.9 Å². The highest BCUT2D eigenvalue weighted by Gasteiger charge is 2.23. The van der Waals surface area contributed by atoms with Gasteiger partial charge in [-0.05, 0) is 67.9 Å². The number of aromatic nitrogens is 3. The molecular weight excluding hydrogens is 467 g/mol. The second-order valence-electron chi connectivity index (χ2n) is 7.75. The van der Waals surface area contributed by atoms with Gasteiger partial charge in [0.25, 0.3) is 0 Å². The number of ether oxygens (including phenoxy) is 2. The fourth-order valence-corrected chi connectivity index (χ4v) is 4.31. The molecule has 1 amide bonds. The number of thioether (sulfide) groups is 1. The Kier molecular flexibility index (Phi) is 7.36. The van der Waals surface area contributed by atoms with Crippen molar-refractivity contribution in [3.63, 3.8) is 0 Å². The Morgan fingerprint density at radius 1 is 1.03 bits per heavy atom. The third kappa shape index (κ3) is 5.30. The summed E-state index contributed by atoms with van der Waals surface area (Å²) in [4.78, 5) is 12.9. The van der Waals surface area contributed by atoms with Crippen LogP contribution in [0.4, 0.5) is 10.1 Å². The van der Waals surface area contributed by atoms with Gasteiger partial charge in [-0.1, -0.05) is 30.0 Å². The topological polar surface area (TPSA) is 78.3 Å². The van der Waals surface area contributed by atoms with E-state index in [9.17, 15) is 9.18 Å². The Morgan fingerprint density at radius 3 is 2.46 bits per heavy atom. The van der Waals surface area contributed by atoms with E-state index >= 15 is 0 Å². The number of para-hydroxylation sites is 1. The van der Waals surface area contributed by atoms with E-state index < -0.39 is 5.25 Å². The molecule has 1 atom stereocenters. The van der Waals surface area contributed by atoms with Crippen molar-refractivity contribution in [3.05, 3.63) is 78.1 Å². The lowest BCUT2D eigenvalue weighted by Crippen LogP contribution is -2.23. The maximum Gasteiger partial charge on any atom is 0.237 e. The summed E-state index contributed by atoms with van der Waals surface area (Å²) in [5, 5.41) is 11.6. The molecule has 1 N–H and O–H groups in total. The Balaban J connectivity index is 1.67. The van der Waals surface area contributed by atoms with Crippen LogP contribution in [-0.4, -0.2) is 40.1 Å². The summed E-state index contributed by atoms with van der Waals surface area (Å²) in [5.74, 6) is 1.29. The van der Waals surface area contributed by atoms with E-state index in [0.717, 1.165) is 11.3 Å². The number of carbonyl (C=O) groups excluding carboxylic acids is 1. The van der Waals surface area contributed by atoms with Gasteiger partial charge in [0.2, 0.25) is 5.91 Å². The number of carbonyl (C=O) groups is 1. The first-order valence-electron chi connectivity index (χ1n) is 10.9. The number of nitrogens with one attached hydrogen (secondary N) is 1. The molecule has 4 aromatic rings. The highest BCUT2D eigenvalue weighted by atomic mass is 32.2. The number of hydrogen-bond donors (Lipinski definition) is 1. The largest absolute Gasteiger partial charge is 0.497 e. The van der Waals surface area contributed by atoms with Gasteiger partial charge in [-0.3, -0.25) is 9.36 Å². The molecule has 0 saturated heterocycles. The maximum atomic E-state index is 13.9. The van der Waals surface area contributed by atoms with Crippen LogP contribution in [0.25, 0.3) is 17.1 Å². The number of anilines is 1. The van der Waals surface area contributed by atoms with E-state index in [4.69, 9.17) is 9.47 Å². The number of amides is 1. The third-order valence-corrected chi connectivity index (χ3v) is 6.45. The number of halogens is 1. The van der Waals surface area contributed by atoms with Crippen molar-refractivity contribution >= 4 is 23.4 Å². The summed E-state index contributed by atoms with van der Waals surface area (Å²) in [7, 11) is 3.21. The summed E-state index contributed by atoms with van der Waals surface area (Å²) in [6.45, 7) is 3.44. The molecule has 0 radical (unpaired) electrons. The summed E-state index contributed by atoms with van der Waals surface area (Å²) >= 11 is 1.25. The molecule has 0 saturated carbocycles.